The summed E-state index contributed by atoms with van der Waals surface area (Å²) in [4.78, 5) is 2.32. The van der Waals surface area contributed by atoms with Crippen LogP contribution in [-0.2, 0) is 17.8 Å². The minimum atomic E-state index is 0.492. The maximum Gasteiger partial charge on any atom is 0.118 e. The van der Waals surface area contributed by atoms with Crippen molar-refractivity contribution in [3.63, 3.8) is 0 Å². The third kappa shape index (κ3) is 5.76. The lowest BCUT2D eigenvalue weighted by molar-refractivity contribution is 0.142. The first-order valence-electron chi connectivity index (χ1n) is 7.09. The zero-order valence-corrected chi connectivity index (χ0v) is 13.0. The molecule has 0 radical (unpaired) electrons. The van der Waals surface area contributed by atoms with E-state index in [9.17, 15) is 0 Å². The molecular weight excluding hydrogens is 240 g/mol. The van der Waals surface area contributed by atoms with E-state index in [1.165, 1.54) is 5.56 Å². The fraction of sp³-hybridized carbons (Fsp3) is 0.733. The molecule has 0 aliphatic carbocycles. The number of hydrogen-bond donors (Lipinski definition) is 1. The number of nitrogens with zero attached hydrogens (tertiary/aromatic N) is 1. The third-order valence-electron chi connectivity index (χ3n) is 3.21. The molecule has 0 aliphatic heterocycles. The van der Waals surface area contributed by atoms with Gasteiger partial charge in [0.25, 0.3) is 0 Å². The molecule has 1 N–H and O–H groups in total. The second kappa shape index (κ2) is 8.35. The number of hydrogen-bond acceptors (Lipinski definition) is 4. The minimum absolute atomic E-state index is 0.492. The molecule has 0 atom stereocenters. The normalized spacial score (nSPS) is 11.7. The van der Waals surface area contributed by atoms with Crippen LogP contribution in [0.15, 0.2) is 10.5 Å². The summed E-state index contributed by atoms with van der Waals surface area (Å²) in [5.41, 5.74) is 1.26. The number of nitrogens with one attached hydrogen (secondary N) is 1. The van der Waals surface area contributed by atoms with Gasteiger partial charge in [0.05, 0.1) is 13.2 Å². The van der Waals surface area contributed by atoms with Gasteiger partial charge in [-0.15, -0.1) is 0 Å². The molecule has 0 saturated heterocycles. The van der Waals surface area contributed by atoms with E-state index in [1.807, 2.05) is 6.92 Å². The molecule has 1 rings (SSSR count). The van der Waals surface area contributed by atoms with E-state index in [1.54, 1.807) is 7.11 Å². The monoisotopic (exact) mass is 268 g/mol. The summed E-state index contributed by atoms with van der Waals surface area (Å²) in [6.07, 6.45) is 0. The van der Waals surface area contributed by atoms with Crippen LogP contribution in [0.5, 0.6) is 0 Å². The molecule has 0 amide bonds. The van der Waals surface area contributed by atoms with Crippen LogP contribution >= 0.6 is 0 Å². The fourth-order valence-electron chi connectivity index (χ4n) is 1.94. The molecule has 0 fully saturated rings. The van der Waals surface area contributed by atoms with Gasteiger partial charge in [0, 0.05) is 31.8 Å². The predicted octanol–water partition coefficient (Wildman–Crippen LogP) is 2.55. The van der Waals surface area contributed by atoms with Gasteiger partial charge in [-0.2, -0.15) is 0 Å². The number of methoxy groups -OCH3 is 1. The van der Waals surface area contributed by atoms with E-state index in [4.69, 9.17) is 9.15 Å². The van der Waals surface area contributed by atoms with Crippen molar-refractivity contribution < 1.29 is 9.15 Å². The Morgan fingerprint density at radius 1 is 1.42 bits per heavy atom. The average Bonchev–Trinajstić information content (AvgIpc) is 2.72. The van der Waals surface area contributed by atoms with Crippen molar-refractivity contribution in [2.24, 2.45) is 0 Å². The molecule has 0 aliphatic rings. The quantitative estimate of drug-likeness (QED) is 0.747. The van der Waals surface area contributed by atoms with Gasteiger partial charge < -0.3 is 14.5 Å². The van der Waals surface area contributed by atoms with Crippen LogP contribution < -0.4 is 5.32 Å². The van der Waals surface area contributed by atoms with Gasteiger partial charge >= 0.3 is 0 Å². The van der Waals surface area contributed by atoms with Gasteiger partial charge in [0.15, 0.2) is 0 Å². The molecule has 1 aromatic heterocycles. The van der Waals surface area contributed by atoms with Crippen LogP contribution in [0.1, 0.15) is 37.9 Å². The van der Waals surface area contributed by atoms with Crippen molar-refractivity contribution in [3.8, 4) is 0 Å². The van der Waals surface area contributed by atoms with Gasteiger partial charge in [0.1, 0.15) is 11.5 Å². The standard InChI is InChI=1S/C15H28N2O2/c1-6-17(7-8-18-5)11-15-9-14(13(4)19-15)10-16-12(2)3/h9,12,16H,6-8,10-11H2,1-5H3. The highest BCUT2D eigenvalue weighted by atomic mass is 16.5. The molecule has 4 heteroatoms. The summed E-state index contributed by atoms with van der Waals surface area (Å²) in [6.45, 7) is 12.9. The SMILES string of the molecule is CCN(CCOC)Cc1cc(CNC(C)C)c(C)o1. The summed E-state index contributed by atoms with van der Waals surface area (Å²) in [5, 5.41) is 3.42. The first-order valence-corrected chi connectivity index (χ1v) is 7.09. The molecule has 0 unspecified atom stereocenters. The van der Waals surface area contributed by atoms with E-state index in [-0.39, 0.29) is 0 Å². The van der Waals surface area contributed by atoms with Gasteiger partial charge in [-0.1, -0.05) is 20.8 Å². The summed E-state index contributed by atoms with van der Waals surface area (Å²) in [5.74, 6) is 2.06. The van der Waals surface area contributed by atoms with Crippen LogP contribution in [0.4, 0.5) is 0 Å². The maximum absolute atomic E-state index is 5.84. The predicted molar refractivity (Wildman–Crippen MR) is 78.2 cm³/mol. The highest BCUT2D eigenvalue weighted by Gasteiger charge is 2.11. The highest BCUT2D eigenvalue weighted by molar-refractivity contribution is 5.20. The zero-order chi connectivity index (χ0) is 14.3. The maximum atomic E-state index is 5.84. The molecule has 0 aromatic carbocycles. The van der Waals surface area contributed by atoms with Crippen molar-refractivity contribution >= 4 is 0 Å². The Kier molecular flexibility index (Phi) is 7.13. The zero-order valence-electron chi connectivity index (χ0n) is 13.0. The van der Waals surface area contributed by atoms with Crippen molar-refractivity contribution in [1.82, 2.24) is 10.2 Å². The van der Waals surface area contributed by atoms with Crippen LogP contribution in [0.25, 0.3) is 0 Å². The third-order valence-corrected chi connectivity index (χ3v) is 3.21. The topological polar surface area (TPSA) is 37.6 Å². The molecule has 19 heavy (non-hydrogen) atoms. The van der Waals surface area contributed by atoms with Crippen LogP contribution in [0.2, 0.25) is 0 Å². The molecule has 4 nitrogen and oxygen atoms in total. The largest absolute Gasteiger partial charge is 0.465 e. The molecule has 1 heterocycles. The fourth-order valence-corrected chi connectivity index (χ4v) is 1.94. The Labute approximate surface area is 117 Å². The average molecular weight is 268 g/mol. The summed E-state index contributed by atoms with van der Waals surface area (Å²) < 4.78 is 11.0. The van der Waals surface area contributed by atoms with E-state index < -0.39 is 0 Å². The second-order valence-corrected chi connectivity index (χ2v) is 5.19. The summed E-state index contributed by atoms with van der Waals surface area (Å²) >= 11 is 0. The number of aryl methyl sites for hydroxylation is 1. The molecule has 0 saturated carbocycles. The minimum Gasteiger partial charge on any atom is -0.465 e. The lowest BCUT2D eigenvalue weighted by atomic mass is 10.2. The van der Waals surface area contributed by atoms with Gasteiger partial charge in [-0.05, 0) is 19.5 Å². The molecule has 0 bridgehead atoms. The van der Waals surface area contributed by atoms with Crippen LogP contribution in [0, 0.1) is 6.92 Å². The first-order chi connectivity index (χ1) is 9.06. The Morgan fingerprint density at radius 3 is 2.74 bits per heavy atom. The Morgan fingerprint density at radius 2 is 2.16 bits per heavy atom. The van der Waals surface area contributed by atoms with E-state index >= 15 is 0 Å². The van der Waals surface area contributed by atoms with E-state index in [0.29, 0.717) is 6.04 Å². The summed E-state index contributed by atoms with van der Waals surface area (Å²) in [6, 6.07) is 2.66. The van der Waals surface area contributed by atoms with Gasteiger partial charge in [0.2, 0.25) is 0 Å². The van der Waals surface area contributed by atoms with Gasteiger partial charge in [-0.25, -0.2) is 0 Å². The number of rotatable bonds is 9. The molecule has 1 aromatic rings. The van der Waals surface area contributed by atoms with Crippen molar-refractivity contribution in [2.45, 2.75) is 46.8 Å². The Balaban J connectivity index is 2.56. The van der Waals surface area contributed by atoms with Gasteiger partial charge in [-0.3, -0.25) is 4.90 Å². The van der Waals surface area contributed by atoms with Crippen LogP contribution in [0.3, 0.4) is 0 Å². The smallest absolute Gasteiger partial charge is 0.118 e. The van der Waals surface area contributed by atoms with E-state index in [0.717, 1.165) is 44.3 Å². The van der Waals surface area contributed by atoms with E-state index in [2.05, 4.69) is 37.1 Å². The van der Waals surface area contributed by atoms with Crippen molar-refractivity contribution in [1.29, 1.82) is 0 Å². The molecule has 0 spiro atoms. The molecule has 110 valence electrons. The number of furan rings is 1. The summed E-state index contributed by atoms with van der Waals surface area (Å²) in [7, 11) is 1.74. The lowest BCUT2D eigenvalue weighted by Gasteiger charge is -2.18. The second-order valence-electron chi connectivity index (χ2n) is 5.19. The van der Waals surface area contributed by atoms with Crippen molar-refractivity contribution in [3.05, 3.63) is 23.2 Å². The Hall–Kier alpha value is -0.840. The lowest BCUT2D eigenvalue weighted by Crippen LogP contribution is -2.26. The van der Waals surface area contributed by atoms with Crippen molar-refractivity contribution in [2.75, 3.05) is 26.8 Å². The first kappa shape index (κ1) is 16.2. The Bertz CT molecular complexity index is 361. The van der Waals surface area contributed by atoms with Crippen LogP contribution in [-0.4, -0.2) is 37.7 Å². The highest BCUT2D eigenvalue weighted by Crippen LogP contribution is 2.16. The number of likely N-dealkylation sites (N-methyl/N-ethyl adjacent to an activating group) is 1. The molecular formula is C15H28N2O2. The number of ether oxygens (including phenoxy) is 1.